The molecule has 4 aromatic rings. The highest BCUT2D eigenvalue weighted by atomic mass is 16.5. The lowest BCUT2D eigenvalue weighted by atomic mass is 9.98. The number of fused-ring (bicyclic) bond motifs is 1. The molecule has 1 N–H and O–H groups in total. The lowest BCUT2D eigenvalue weighted by Gasteiger charge is -2.20. The van der Waals surface area contributed by atoms with E-state index in [1.54, 1.807) is 20.3 Å². The van der Waals surface area contributed by atoms with Gasteiger partial charge in [-0.15, -0.1) is 0 Å². The highest BCUT2D eigenvalue weighted by Crippen LogP contribution is 2.26. The summed E-state index contributed by atoms with van der Waals surface area (Å²) in [6.07, 6.45) is 0. The molecule has 0 aliphatic carbocycles. The summed E-state index contributed by atoms with van der Waals surface area (Å²) in [4.78, 5) is 30.1. The van der Waals surface area contributed by atoms with E-state index in [-0.39, 0.29) is 0 Å². The molecule has 0 saturated carbocycles. The Hall–Kier alpha value is -4.39. The molecule has 0 radical (unpaired) electrons. The van der Waals surface area contributed by atoms with Gasteiger partial charge in [0, 0.05) is 11.1 Å². The Labute approximate surface area is 203 Å². The van der Waals surface area contributed by atoms with Crippen molar-refractivity contribution in [2.24, 2.45) is 0 Å². The number of para-hydroxylation sites is 1. The number of esters is 1. The molecular formula is C28H26N2O5. The first-order chi connectivity index (χ1) is 17.0. The molecule has 35 heavy (non-hydrogen) atoms. The second-order valence-corrected chi connectivity index (χ2v) is 7.95. The fourth-order valence-corrected chi connectivity index (χ4v) is 3.84. The van der Waals surface area contributed by atoms with Gasteiger partial charge in [0.05, 0.1) is 31.3 Å². The van der Waals surface area contributed by atoms with Crippen LogP contribution in [0, 0.1) is 6.92 Å². The maximum Gasteiger partial charge on any atom is 0.339 e. The van der Waals surface area contributed by atoms with Gasteiger partial charge in [-0.3, -0.25) is 9.78 Å². The molecule has 1 amide bonds. The summed E-state index contributed by atoms with van der Waals surface area (Å²) in [6.45, 7) is 1.39. The number of benzene rings is 3. The van der Waals surface area contributed by atoms with Crippen LogP contribution in [0.25, 0.3) is 10.9 Å². The maximum atomic E-state index is 12.9. The molecule has 0 aliphatic heterocycles. The van der Waals surface area contributed by atoms with E-state index in [0.29, 0.717) is 33.7 Å². The quantitative estimate of drug-likeness (QED) is 0.378. The van der Waals surface area contributed by atoms with Gasteiger partial charge in [0.1, 0.15) is 11.5 Å². The number of nitrogens with zero attached hydrogens (tertiary/aromatic N) is 1. The first-order valence-corrected chi connectivity index (χ1v) is 11.1. The van der Waals surface area contributed by atoms with Crippen molar-refractivity contribution in [3.63, 3.8) is 0 Å². The third-order valence-corrected chi connectivity index (χ3v) is 5.60. The average Bonchev–Trinajstić information content (AvgIpc) is 2.90. The van der Waals surface area contributed by atoms with Crippen molar-refractivity contribution in [3.8, 4) is 11.5 Å². The van der Waals surface area contributed by atoms with E-state index in [0.717, 1.165) is 11.1 Å². The Morgan fingerprint density at radius 1 is 0.857 bits per heavy atom. The summed E-state index contributed by atoms with van der Waals surface area (Å²) in [5.41, 5.74) is 3.47. The van der Waals surface area contributed by atoms with Gasteiger partial charge in [0.2, 0.25) is 0 Å². The second-order valence-electron chi connectivity index (χ2n) is 7.95. The minimum atomic E-state index is -0.577. The van der Waals surface area contributed by atoms with Gasteiger partial charge in [-0.2, -0.15) is 0 Å². The number of methoxy groups -OCH3 is 2. The van der Waals surface area contributed by atoms with Crippen LogP contribution in [0.4, 0.5) is 0 Å². The van der Waals surface area contributed by atoms with Crippen molar-refractivity contribution in [1.82, 2.24) is 10.3 Å². The zero-order valence-corrected chi connectivity index (χ0v) is 19.8. The van der Waals surface area contributed by atoms with Crippen molar-refractivity contribution < 1.29 is 23.8 Å². The first kappa shape index (κ1) is 23.8. The number of pyridine rings is 1. The molecular weight excluding hydrogens is 444 g/mol. The largest absolute Gasteiger partial charge is 0.497 e. The molecule has 0 fully saturated rings. The molecule has 0 spiro atoms. The highest BCUT2D eigenvalue weighted by Gasteiger charge is 2.20. The second kappa shape index (κ2) is 10.7. The Bertz CT molecular complexity index is 1290. The number of hydrogen-bond acceptors (Lipinski definition) is 6. The van der Waals surface area contributed by atoms with E-state index in [2.05, 4.69) is 10.3 Å². The number of ether oxygens (including phenoxy) is 3. The maximum absolute atomic E-state index is 12.9. The SMILES string of the molecule is COc1ccc(C(NC(=O)COC(=O)c2cc(C)nc3ccccc23)c2ccc(OC)cc2)cc1. The normalized spacial score (nSPS) is 10.7. The van der Waals surface area contributed by atoms with Crippen LogP contribution in [0.15, 0.2) is 78.9 Å². The van der Waals surface area contributed by atoms with Crippen LogP contribution in [0.3, 0.4) is 0 Å². The van der Waals surface area contributed by atoms with Crippen molar-refractivity contribution in [2.45, 2.75) is 13.0 Å². The van der Waals surface area contributed by atoms with Gasteiger partial charge < -0.3 is 19.5 Å². The molecule has 3 aromatic carbocycles. The van der Waals surface area contributed by atoms with Crippen molar-refractivity contribution in [3.05, 3.63) is 101 Å². The molecule has 1 aromatic heterocycles. The lowest BCUT2D eigenvalue weighted by molar-refractivity contribution is -0.124. The van der Waals surface area contributed by atoms with E-state index in [9.17, 15) is 9.59 Å². The summed E-state index contributed by atoms with van der Waals surface area (Å²) < 4.78 is 15.9. The summed E-state index contributed by atoms with van der Waals surface area (Å²) in [7, 11) is 3.19. The lowest BCUT2D eigenvalue weighted by Crippen LogP contribution is -2.33. The number of carbonyl (C=O) groups is 2. The zero-order valence-electron chi connectivity index (χ0n) is 19.8. The first-order valence-electron chi connectivity index (χ1n) is 11.1. The van der Waals surface area contributed by atoms with E-state index < -0.39 is 24.5 Å². The molecule has 4 rings (SSSR count). The van der Waals surface area contributed by atoms with Crippen LogP contribution in [0.1, 0.15) is 33.2 Å². The molecule has 0 bridgehead atoms. The summed E-state index contributed by atoms with van der Waals surface area (Å²) >= 11 is 0. The van der Waals surface area contributed by atoms with Gasteiger partial charge in [-0.1, -0.05) is 42.5 Å². The van der Waals surface area contributed by atoms with E-state index >= 15 is 0 Å². The third kappa shape index (κ3) is 5.58. The Morgan fingerprint density at radius 2 is 1.43 bits per heavy atom. The number of aryl methyl sites for hydroxylation is 1. The highest BCUT2D eigenvalue weighted by molar-refractivity contribution is 6.04. The van der Waals surface area contributed by atoms with Crippen LogP contribution in [0.5, 0.6) is 11.5 Å². The van der Waals surface area contributed by atoms with E-state index in [1.165, 1.54) is 0 Å². The predicted molar refractivity (Wildman–Crippen MR) is 133 cm³/mol. The topological polar surface area (TPSA) is 86.8 Å². The Balaban J connectivity index is 1.51. The average molecular weight is 471 g/mol. The van der Waals surface area contributed by atoms with E-state index in [4.69, 9.17) is 14.2 Å². The van der Waals surface area contributed by atoms with Gasteiger partial charge in [-0.05, 0) is 54.4 Å². The van der Waals surface area contributed by atoms with Crippen molar-refractivity contribution in [2.75, 3.05) is 20.8 Å². The van der Waals surface area contributed by atoms with Gasteiger partial charge in [-0.25, -0.2) is 4.79 Å². The van der Waals surface area contributed by atoms with Gasteiger partial charge in [0.25, 0.3) is 5.91 Å². The summed E-state index contributed by atoms with van der Waals surface area (Å²) in [6, 6.07) is 23.4. The number of hydrogen-bond donors (Lipinski definition) is 1. The fourth-order valence-electron chi connectivity index (χ4n) is 3.84. The number of rotatable bonds is 8. The Morgan fingerprint density at radius 3 is 2.00 bits per heavy atom. The molecule has 0 saturated heterocycles. The molecule has 7 nitrogen and oxygen atoms in total. The predicted octanol–water partition coefficient (Wildman–Crippen LogP) is 4.62. The van der Waals surface area contributed by atoms with Crippen molar-refractivity contribution >= 4 is 22.8 Å². The standard InChI is InChI=1S/C28H26N2O5/c1-18-16-24(23-6-4-5-7-25(23)29-18)28(32)35-17-26(31)30-27(19-8-12-21(33-2)13-9-19)20-10-14-22(34-3)15-11-20/h4-16,27H,17H2,1-3H3,(H,30,31). The van der Waals surface area contributed by atoms with Crippen LogP contribution in [-0.2, 0) is 9.53 Å². The van der Waals surface area contributed by atoms with Crippen LogP contribution >= 0.6 is 0 Å². The molecule has 0 atom stereocenters. The minimum absolute atomic E-state index is 0.378. The van der Waals surface area contributed by atoms with Crippen LogP contribution in [-0.4, -0.2) is 37.7 Å². The Kier molecular flexibility index (Phi) is 7.26. The molecule has 178 valence electrons. The third-order valence-electron chi connectivity index (χ3n) is 5.60. The zero-order chi connectivity index (χ0) is 24.8. The van der Waals surface area contributed by atoms with Crippen LogP contribution in [0.2, 0.25) is 0 Å². The van der Waals surface area contributed by atoms with E-state index in [1.807, 2.05) is 79.7 Å². The smallest absolute Gasteiger partial charge is 0.339 e. The molecule has 1 heterocycles. The summed E-state index contributed by atoms with van der Waals surface area (Å²) in [5.74, 6) is 0.419. The van der Waals surface area contributed by atoms with Gasteiger partial charge in [0.15, 0.2) is 6.61 Å². The molecule has 0 unspecified atom stereocenters. The number of aromatic nitrogens is 1. The van der Waals surface area contributed by atoms with Gasteiger partial charge >= 0.3 is 5.97 Å². The fraction of sp³-hybridized carbons (Fsp3) is 0.179. The summed E-state index contributed by atoms with van der Waals surface area (Å²) in [5, 5.41) is 3.65. The number of carbonyl (C=O) groups excluding carboxylic acids is 2. The molecule has 0 aliphatic rings. The van der Waals surface area contributed by atoms with Crippen molar-refractivity contribution in [1.29, 1.82) is 0 Å². The monoisotopic (exact) mass is 470 g/mol. The van der Waals surface area contributed by atoms with Crippen LogP contribution < -0.4 is 14.8 Å². The number of nitrogens with one attached hydrogen (secondary N) is 1. The molecule has 7 heteroatoms. The number of amides is 1. The minimum Gasteiger partial charge on any atom is -0.497 e.